The van der Waals surface area contributed by atoms with Crippen molar-refractivity contribution < 1.29 is 9.84 Å². The van der Waals surface area contributed by atoms with E-state index in [1.807, 2.05) is 32.9 Å². The number of aliphatic hydroxyl groups is 1. The predicted molar refractivity (Wildman–Crippen MR) is 94.9 cm³/mol. The zero-order valence-electron chi connectivity index (χ0n) is 14.9. The molecule has 0 aliphatic rings. The molecule has 0 aliphatic heterocycles. The molecule has 0 saturated carbocycles. The first-order chi connectivity index (χ1) is 11.9. The van der Waals surface area contributed by atoms with Gasteiger partial charge in [-0.3, -0.25) is 9.48 Å². The first kappa shape index (κ1) is 17.2. The minimum atomic E-state index is -0.791. The summed E-state index contributed by atoms with van der Waals surface area (Å²) in [5.74, 6) is 0.796. The highest BCUT2D eigenvalue weighted by atomic mass is 16.5. The number of aliphatic hydroxyl groups excluding tert-OH is 1. The molecule has 7 heteroatoms. The van der Waals surface area contributed by atoms with Gasteiger partial charge < -0.3 is 9.84 Å². The molecule has 0 bridgehead atoms. The van der Waals surface area contributed by atoms with E-state index in [2.05, 4.69) is 10.2 Å². The molecular weight excluding hydrogens is 320 g/mol. The number of nitrogens with zero attached hydrogens (tertiary/aromatic N) is 4. The van der Waals surface area contributed by atoms with Gasteiger partial charge in [-0.25, -0.2) is 4.68 Å². The third-order valence-electron chi connectivity index (χ3n) is 4.41. The maximum Gasteiger partial charge on any atom is 0.292 e. The molecule has 2 aromatic heterocycles. The SMILES string of the molecule is Cc1ccc(C)c(OCC(O)Cn2ncc3cnn(C)c(=O)c32)c1C. The molecular formula is C18H22N4O3. The standard InChI is InChI=1S/C18H22N4O3/c1-11-5-6-12(2)17(13(11)3)25-10-15(23)9-22-16-14(8-20-22)7-19-21(4)18(16)24/h5-8,15,23H,9-10H2,1-4H3. The van der Waals surface area contributed by atoms with E-state index in [0.717, 1.165) is 22.4 Å². The van der Waals surface area contributed by atoms with Gasteiger partial charge in [-0.15, -0.1) is 0 Å². The number of benzene rings is 1. The van der Waals surface area contributed by atoms with E-state index in [1.165, 1.54) is 9.36 Å². The van der Waals surface area contributed by atoms with Gasteiger partial charge >= 0.3 is 0 Å². The molecule has 3 rings (SSSR count). The lowest BCUT2D eigenvalue weighted by atomic mass is 10.1. The smallest absolute Gasteiger partial charge is 0.292 e. The molecule has 25 heavy (non-hydrogen) atoms. The van der Waals surface area contributed by atoms with Crippen LogP contribution >= 0.6 is 0 Å². The zero-order valence-corrected chi connectivity index (χ0v) is 14.9. The van der Waals surface area contributed by atoms with E-state index in [9.17, 15) is 9.90 Å². The van der Waals surface area contributed by atoms with Gasteiger partial charge in [0, 0.05) is 12.4 Å². The lowest BCUT2D eigenvalue weighted by Gasteiger charge is -2.17. The summed E-state index contributed by atoms with van der Waals surface area (Å²) in [6, 6.07) is 4.05. The second-order valence-corrected chi connectivity index (χ2v) is 6.32. The third-order valence-corrected chi connectivity index (χ3v) is 4.41. The van der Waals surface area contributed by atoms with E-state index in [4.69, 9.17) is 4.74 Å². The number of fused-ring (bicyclic) bond motifs is 1. The summed E-state index contributed by atoms with van der Waals surface area (Å²) in [4.78, 5) is 12.2. The highest BCUT2D eigenvalue weighted by molar-refractivity contribution is 5.76. The van der Waals surface area contributed by atoms with Gasteiger partial charge in [0.15, 0.2) is 0 Å². The maximum atomic E-state index is 12.2. The fourth-order valence-electron chi connectivity index (χ4n) is 2.80. The van der Waals surface area contributed by atoms with Gasteiger partial charge in [-0.05, 0) is 37.5 Å². The van der Waals surface area contributed by atoms with Crippen molar-refractivity contribution in [3.05, 3.63) is 51.6 Å². The largest absolute Gasteiger partial charge is 0.490 e. The Morgan fingerprint density at radius 1 is 1.16 bits per heavy atom. The number of ether oxygens (including phenoxy) is 1. The lowest BCUT2D eigenvalue weighted by molar-refractivity contribution is 0.0897. The predicted octanol–water partition coefficient (Wildman–Crippen LogP) is 1.50. The monoisotopic (exact) mass is 342 g/mol. The normalized spacial score (nSPS) is 12.5. The molecule has 1 aromatic carbocycles. The van der Waals surface area contributed by atoms with Gasteiger partial charge in [0.1, 0.15) is 24.0 Å². The molecule has 0 fully saturated rings. The second-order valence-electron chi connectivity index (χ2n) is 6.32. The summed E-state index contributed by atoms with van der Waals surface area (Å²) >= 11 is 0. The van der Waals surface area contributed by atoms with Crippen LogP contribution in [0.1, 0.15) is 16.7 Å². The first-order valence-electron chi connectivity index (χ1n) is 8.14. The number of hydrogen-bond acceptors (Lipinski definition) is 5. The fourth-order valence-corrected chi connectivity index (χ4v) is 2.80. The summed E-state index contributed by atoms with van der Waals surface area (Å²) in [7, 11) is 1.59. The van der Waals surface area contributed by atoms with E-state index in [-0.39, 0.29) is 18.7 Å². The van der Waals surface area contributed by atoms with Crippen molar-refractivity contribution in [3.63, 3.8) is 0 Å². The van der Waals surface area contributed by atoms with Crippen LogP contribution in [0.4, 0.5) is 0 Å². The molecule has 1 atom stereocenters. The van der Waals surface area contributed by atoms with Crippen LogP contribution in [0.2, 0.25) is 0 Å². The summed E-state index contributed by atoms with van der Waals surface area (Å²) < 4.78 is 8.59. The minimum Gasteiger partial charge on any atom is -0.490 e. The number of hydrogen-bond donors (Lipinski definition) is 1. The van der Waals surface area contributed by atoms with Crippen molar-refractivity contribution in [1.82, 2.24) is 19.6 Å². The Morgan fingerprint density at radius 2 is 1.84 bits per heavy atom. The molecule has 0 saturated heterocycles. The van der Waals surface area contributed by atoms with Gasteiger partial charge in [0.25, 0.3) is 5.56 Å². The first-order valence-corrected chi connectivity index (χ1v) is 8.14. The Bertz CT molecular complexity index is 974. The van der Waals surface area contributed by atoms with Gasteiger partial charge in [-0.1, -0.05) is 12.1 Å². The molecule has 0 spiro atoms. The lowest BCUT2D eigenvalue weighted by Crippen LogP contribution is -2.27. The Kier molecular flexibility index (Phi) is 4.59. The Balaban J connectivity index is 1.76. The summed E-state index contributed by atoms with van der Waals surface area (Å²) in [5.41, 5.74) is 3.42. The van der Waals surface area contributed by atoms with Crippen molar-refractivity contribution >= 4 is 10.9 Å². The van der Waals surface area contributed by atoms with E-state index < -0.39 is 6.10 Å². The molecule has 3 aromatic rings. The van der Waals surface area contributed by atoms with E-state index in [0.29, 0.717) is 10.9 Å². The Morgan fingerprint density at radius 3 is 2.60 bits per heavy atom. The molecule has 2 heterocycles. The number of aryl methyl sites for hydroxylation is 3. The van der Waals surface area contributed by atoms with Gasteiger partial charge in [-0.2, -0.15) is 10.2 Å². The molecule has 132 valence electrons. The van der Waals surface area contributed by atoms with Crippen molar-refractivity contribution in [3.8, 4) is 5.75 Å². The topological polar surface area (TPSA) is 82.2 Å². The van der Waals surface area contributed by atoms with Crippen molar-refractivity contribution in [1.29, 1.82) is 0 Å². The van der Waals surface area contributed by atoms with Crippen LogP contribution in [0.25, 0.3) is 10.9 Å². The van der Waals surface area contributed by atoms with Crippen LogP contribution in [0.15, 0.2) is 29.3 Å². The molecule has 1 unspecified atom stereocenters. The fraction of sp³-hybridized carbons (Fsp3) is 0.389. The average molecular weight is 342 g/mol. The van der Waals surface area contributed by atoms with Crippen LogP contribution in [-0.2, 0) is 13.6 Å². The highest BCUT2D eigenvalue weighted by Crippen LogP contribution is 2.25. The highest BCUT2D eigenvalue weighted by Gasteiger charge is 2.15. The Hall–Kier alpha value is -2.67. The van der Waals surface area contributed by atoms with Crippen LogP contribution in [0, 0.1) is 20.8 Å². The van der Waals surface area contributed by atoms with Crippen molar-refractivity contribution in [2.75, 3.05) is 6.61 Å². The molecule has 1 N–H and O–H groups in total. The average Bonchev–Trinajstić information content (AvgIpc) is 2.98. The minimum absolute atomic E-state index is 0.123. The molecule has 7 nitrogen and oxygen atoms in total. The van der Waals surface area contributed by atoms with E-state index in [1.54, 1.807) is 19.4 Å². The van der Waals surface area contributed by atoms with Crippen LogP contribution in [0.5, 0.6) is 5.75 Å². The van der Waals surface area contributed by atoms with Crippen LogP contribution in [-0.4, -0.2) is 37.4 Å². The second kappa shape index (κ2) is 6.68. The van der Waals surface area contributed by atoms with Crippen molar-refractivity contribution in [2.24, 2.45) is 7.05 Å². The third kappa shape index (κ3) is 3.28. The number of aromatic nitrogens is 4. The van der Waals surface area contributed by atoms with E-state index >= 15 is 0 Å². The quantitative estimate of drug-likeness (QED) is 0.760. The van der Waals surface area contributed by atoms with Gasteiger partial charge in [0.2, 0.25) is 0 Å². The zero-order chi connectivity index (χ0) is 18.1. The Labute approximate surface area is 145 Å². The molecule has 0 amide bonds. The summed E-state index contributed by atoms with van der Waals surface area (Å²) in [6.45, 7) is 6.30. The summed E-state index contributed by atoms with van der Waals surface area (Å²) in [6.07, 6.45) is 2.37. The molecule has 0 radical (unpaired) electrons. The summed E-state index contributed by atoms with van der Waals surface area (Å²) in [5, 5.41) is 19.2. The van der Waals surface area contributed by atoms with Crippen LogP contribution < -0.4 is 10.3 Å². The number of rotatable bonds is 5. The van der Waals surface area contributed by atoms with Gasteiger partial charge in [0.05, 0.1) is 18.9 Å². The van der Waals surface area contributed by atoms with Crippen LogP contribution in [0.3, 0.4) is 0 Å². The maximum absolute atomic E-state index is 12.2. The van der Waals surface area contributed by atoms with Crippen molar-refractivity contribution in [2.45, 2.75) is 33.4 Å². The molecule has 0 aliphatic carbocycles.